The Morgan fingerprint density at radius 3 is 2.65 bits per heavy atom. The van der Waals surface area contributed by atoms with Gasteiger partial charge in [-0.1, -0.05) is 6.07 Å². The van der Waals surface area contributed by atoms with E-state index in [0.717, 1.165) is 22.3 Å². The van der Waals surface area contributed by atoms with Crippen molar-refractivity contribution < 1.29 is 0 Å². The molecule has 0 aliphatic carbocycles. The molecule has 0 aliphatic rings. The highest BCUT2D eigenvalue weighted by Gasteiger charge is 2.02. The molecule has 1 heterocycles. The number of hydrogen-bond acceptors (Lipinski definition) is 3. The molecule has 102 valence electrons. The third-order valence-electron chi connectivity index (χ3n) is 3.40. The maximum atomic E-state index is 4.26. The summed E-state index contributed by atoms with van der Waals surface area (Å²) in [4.78, 5) is 2.09. The van der Waals surface area contributed by atoms with Gasteiger partial charge in [-0.05, 0) is 36.4 Å². The molecule has 0 amide bonds. The molecule has 0 unspecified atom stereocenters. The molecule has 0 spiro atoms. The molecule has 2 aromatic carbocycles. The number of aromatic nitrogens is 2. The molecule has 0 saturated heterocycles. The quantitative estimate of drug-likeness (QED) is 0.789. The van der Waals surface area contributed by atoms with Gasteiger partial charge in [0.15, 0.2) is 0 Å². The van der Waals surface area contributed by atoms with Crippen molar-refractivity contribution in [3.8, 4) is 0 Å². The van der Waals surface area contributed by atoms with E-state index in [2.05, 4.69) is 57.8 Å². The molecule has 3 rings (SSSR count). The molecule has 0 fully saturated rings. The normalized spacial score (nSPS) is 10.8. The van der Waals surface area contributed by atoms with Crippen LogP contribution in [0, 0.1) is 0 Å². The third kappa shape index (κ3) is 2.32. The lowest BCUT2D eigenvalue weighted by Crippen LogP contribution is -2.08. The fraction of sp³-hybridized carbons (Fsp3) is 0.188. The summed E-state index contributed by atoms with van der Waals surface area (Å²) in [6, 6.07) is 14.6. The number of anilines is 3. The lowest BCUT2D eigenvalue weighted by atomic mass is 10.2. The molecule has 4 heteroatoms. The minimum absolute atomic E-state index is 1.07. The third-order valence-corrected chi connectivity index (χ3v) is 3.40. The highest BCUT2D eigenvalue weighted by molar-refractivity contribution is 5.83. The zero-order valence-electron chi connectivity index (χ0n) is 12.0. The molecule has 0 bridgehead atoms. The maximum absolute atomic E-state index is 4.26. The van der Waals surface area contributed by atoms with Gasteiger partial charge in [-0.2, -0.15) is 5.10 Å². The number of hydrogen-bond donors (Lipinski definition) is 1. The lowest BCUT2D eigenvalue weighted by Gasteiger charge is -2.14. The van der Waals surface area contributed by atoms with E-state index >= 15 is 0 Å². The van der Waals surface area contributed by atoms with Crippen LogP contribution in [0.1, 0.15) is 0 Å². The van der Waals surface area contributed by atoms with E-state index in [1.807, 2.05) is 32.0 Å². The minimum Gasteiger partial charge on any atom is -0.378 e. The molecule has 1 N–H and O–H groups in total. The molecule has 0 aliphatic heterocycles. The van der Waals surface area contributed by atoms with Gasteiger partial charge in [0.25, 0.3) is 0 Å². The van der Waals surface area contributed by atoms with Gasteiger partial charge in [0.1, 0.15) is 0 Å². The van der Waals surface area contributed by atoms with Crippen molar-refractivity contribution in [2.75, 3.05) is 24.3 Å². The number of benzene rings is 2. The minimum atomic E-state index is 1.07. The Hall–Kier alpha value is -2.49. The van der Waals surface area contributed by atoms with E-state index in [-0.39, 0.29) is 0 Å². The standard InChI is InChI=1S/C16H18N4/c1-19(2)15-6-4-5-13(9-15)18-14-8-7-12-11-17-20(3)16(12)10-14/h4-11,18H,1-3H3. The van der Waals surface area contributed by atoms with Crippen molar-refractivity contribution in [2.45, 2.75) is 0 Å². The van der Waals surface area contributed by atoms with Crippen molar-refractivity contribution in [1.29, 1.82) is 0 Å². The van der Waals surface area contributed by atoms with Crippen LogP contribution in [-0.2, 0) is 7.05 Å². The lowest BCUT2D eigenvalue weighted by molar-refractivity contribution is 0.797. The first-order chi connectivity index (χ1) is 9.63. The molecule has 0 saturated carbocycles. The van der Waals surface area contributed by atoms with Gasteiger partial charge in [-0.3, -0.25) is 4.68 Å². The number of fused-ring (bicyclic) bond motifs is 1. The van der Waals surface area contributed by atoms with E-state index in [1.165, 1.54) is 5.69 Å². The Bertz CT molecular complexity index is 743. The Labute approximate surface area is 118 Å². The smallest absolute Gasteiger partial charge is 0.0699 e. The molecule has 4 nitrogen and oxygen atoms in total. The molecular formula is C16H18N4. The average Bonchev–Trinajstić information content (AvgIpc) is 2.81. The number of nitrogens with one attached hydrogen (secondary N) is 1. The van der Waals surface area contributed by atoms with Crippen LogP contribution in [0.2, 0.25) is 0 Å². The predicted octanol–water partition coefficient (Wildman–Crippen LogP) is 3.38. The van der Waals surface area contributed by atoms with Gasteiger partial charge in [0.2, 0.25) is 0 Å². The molecule has 1 aromatic heterocycles. The van der Waals surface area contributed by atoms with Gasteiger partial charge in [-0.25, -0.2) is 0 Å². The van der Waals surface area contributed by atoms with Crippen LogP contribution in [-0.4, -0.2) is 23.9 Å². The first-order valence-electron chi connectivity index (χ1n) is 6.60. The predicted molar refractivity (Wildman–Crippen MR) is 84.8 cm³/mol. The van der Waals surface area contributed by atoms with Crippen LogP contribution in [0.5, 0.6) is 0 Å². The van der Waals surface area contributed by atoms with Crippen molar-refractivity contribution in [3.63, 3.8) is 0 Å². The first-order valence-corrected chi connectivity index (χ1v) is 6.60. The molecule has 0 radical (unpaired) electrons. The van der Waals surface area contributed by atoms with Gasteiger partial charge >= 0.3 is 0 Å². The average molecular weight is 266 g/mol. The van der Waals surface area contributed by atoms with Gasteiger partial charge < -0.3 is 10.2 Å². The summed E-state index contributed by atoms with van der Waals surface area (Å²) in [6.45, 7) is 0. The van der Waals surface area contributed by atoms with Crippen molar-refractivity contribution in [1.82, 2.24) is 9.78 Å². The largest absolute Gasteiger partial charge is 0.378 e. The highest BCUT2D eigenvalue weighted by Crippen LogP contribution is 2.24. The van der Waals surface area contributed by atoms with Crippen molar-refractivity contribution in [3.05, 3.63) is 48.7 Å². The fourth-order valence-corrected chi connectivity index (χ4v) is 2.25. The van der Waals surface area contributed by atoms with E-state index < -0.39 is 0 Å². The summed E-state index contributed by atoms with van der Waals surface area (Å²) < 4.78 is 1.89. The summed E-state index contributed by atoms with van der Waals surface area (Å²) in [5.74, 6) is 0. The first kappa shape index (κ1) is 12.5. The van der Waals surface area contributed by atoms with Crippen molar-refractivity contribution in [2.24, 2.45) is 7.05 Å². The monoisotopic (exact) mass is 266 g/mol. The zero-order valence-corrected chi connectivity index (χ0v) is 12.0. The number of aryl methyl sites for hydroxylation is 1. The van der Waals surface area contributed by atoms with Crippen molar-refractivity contribution >= 4 is 28.0 Å². The Morgan fingerprint density at radius 1 is 1.05 bits per heavy atom. The summed E-state index contributed by atoms with van der Waals surface area (Å²) in [5.41, 5.74) is 4.45. The SMILES string of the molecule is CN(C)c1cccc(Nc2ccc3cnn(C)c3c2)c1. The summed E-state index contributed by atoms with van der Waals surface area (Å²) in [5, 5.41) is 8.86. The molecular weight excluding hydrogens is 248 g/mol. The second-order valence-electron chi connectivity index (χ2n) is 5.11. The number of rotatable bonds is 3. The maximum Gasteiger partial charge on any atom is 0.0699 e. The Balaban J connectivity index is 1.92. The van der Waals surface area contributed by atoms with E-state index in [0.29, 0.717) is 0 Å². The van der Waals surface area contributed by atoms with Gasteiger partial charge in [0, 0.05) is 43.6 Å². The van der Waals surface area contributed by atoms with Crippen LogP contribution >= 0.6 is 0 Å². The molecule has 0 atom stereocenters. The fourth-order valence-electron chi connectivity index (χ4n) is 2.25. The Morgan fingerprint density at radius 2 is 1.85 bits per heavy atom. The second kappa shape index (κ2) is 4.89. The molecule has 20 heavy (non-hydrogen) atoms. The van der Waals surface area contributed by atoms with Crippen LogP contribution in [0.3, 0.4) is 0 Å². The van der Waals surface area contributed by atoms with E-state index in [1.54, 1.807) is 0 Å². The highest BCUT2D eigenvalue weighted by atomic mass is 15.2. The van der Waals surface area contributed by atoms with Crippen LogP contribution in [0.15, 0.2) is 48.7 Å². The van der Waals surface area contributed by atoms with Crippen LogP contribution in [0.4, 0.5) is 17.1 Å². The topological polar surface area (TPSA) is 33.1 Å². The van der Waals surface area contributed by atoms with E-state index in [4.69, 9.17) is 0 Å². The van der Waals surface area contributed by atoms with Gasteiger partial charge in [0.05, 0.1) is 11.7 Å². The Kier molecular flexibility index (Phi) is 3.06. The van der Waals surface area contributed by atoms with E-state index in [9.17, 15) is 0 Å². The van der Waals surface area contributed by atoms with Gasteiger partial charge in [-0.15, -0.1) is 0 Å². The second-order valence-corrected chi connectivity index (χ2v) is 5.11. The summed E-state index contributed by atoms with van der Waals surface area (Å²) in [7, 11) is 6.04. The zero-order chi connectivity index (χ0) is 14.1. The van der Waals surface area contributed by atoms with Crippen LogP contribution in [0.25, 0.3) is 10.9 Å². The number of nitrogens with zero attached hydrogens (tertiary/aromatic N) is 3. The molecule has 3 aromatic rings. The summed E-state index contributed by atoms with van der Waals surface area (Å²) >= 11 is 0. The summed E-state index contributed by atoms with van der Waals surface area (Å²) in [6.07, 6.45) is 1.88. The van der Waals surface area contributed by atoms with Crippen LogP contribution < -0.4 is 10.2 Å².